The fourth-order valence-electron chi connectivity index (χ4n) is 3.21. The van der Waals surface area contributed by atoms with Gasteiger partial charge in [-0.15, -0.1) is 13.2 Å². The van der Waals surface area contributed by atoms with Crippen LogP contribution in [0.25, 0.3) is 11.0 Å². The maximum Gasteiger partial charge on any atom is 0.573 e. The first-order valence-electron chi connectivity index (χ1n) is 11.1. The molecule has 0 saturated carbocycles. The quantitative estimate of drug-likeness (QED) is 0.297. The number of imidazole rings is 1. The molecule has 0 fully saturated rings. The number of nitrogens with zero attached hydrogens (tertiary/aromatic N) is 3. The van der Waals surface area contributed by atoms with Crippen LogP contribution in [-0.4, -0.2) is 32.4 Å². The molecule has 37 heavy (non-hydrogen) atoms. The second-order valence-electron chi connectivity index (χ2n) is 8.97. The van der Waals surface area contributed by atoms with Crippen molar-refractivity contribution >= 4 is 28.6 Å². The van der Waals surface area contributed by atoms with Gasteiger partial charge in [-0.2, -0.15) is 0 Å². The third-order valence-electron chi connectivity index (χ3n) is 4.85. The van der Waals surface area contributed by atoms with Gasteiger partial charge in [0.15, 0.2) is 0 Å². The van der Waals surface area contributed by atoms with Crippen LogP contribution in [0.1, 0.15) is 31.3 Å². The lowest BCUT2D eigenvalue weighted by Crippen LogP contribution is -2.33. The largest absolute Gasteiger partial charge is 0.573 e. The minimum atomic E-state index is -4.75. The number of carbonyl (C=O) groups is 1. The Morgan fingerprint density at radius 2 is 1.62 bits per heavy atom. The third kappa shape index (κ3) is 6.88. The van der Waals surface area contributed by atoms with Gasteiger partial charge in [-0.25, -0.2) is 10.5 Å². The van der Waals surface area contributed by atoms with Gasteiger partial charge in [0.2, 0.25) is 5.95 Å². The Balaban J connectivity index is 1.47. The van der Waals surface area contributed by atoms with Crippen LogP contribution in [0.15, 0.2) is 60.8 Å². The number of halogens is 3. The molecule has 0 unspecified atom stereocenters. The van der Waals surface area contributed by atoms with Crippen LogP contribution in [-0.2, 0) is 11.9 Å². The lowest BCUT2D eigenvalue weighted by Gasteiger charge is -2.18. The van der Waals surface area contributed by atoms with Gasteiger partial charge in [0.25, 0.3) is 5.91 Å². The Morgan fingerprint density at radius 1 is 0.946 bits per heavy atom. The standard InChI is InChI=1S/C25H24F3N5O4/c1-24(2,3)37-32-22(34)20-14-18(11-12-29-20)35-17-9-10-21-19(13-17)31-23(33(21)4)30-15-5-7-16(8-6-15)36-25(26,27)28/h5-14H,1-4H3,(H,30,31)(H,32,34). The van der Waals surface area contributed by atoms with Crippen LogP contribution in [0.3, 0.4) is 0 Å². The summed E-state index contributed by atoms with van der Waals surface area (Å²) in [6.45, 7) is 5.41. The SMILES string of the molecule is Cn1c(Nc2ccc(OC(F)(F)F)cc2)nc2cc(Oc3ccnc(C(=O)NOC(C)(C)C)c3)ccc21. The van der Waals surface area contributed by atoms with E-state index in [1.54, 1.807) is 50.6 Å². The second-order valence-corrected chi connectivity index (χ2v) is 8.97. The number of rotatable bonds is 7. The van der Waals surface area contributed by atoms with Gasteiger partial charge in [-0.1, -0.05) is 0 Å². The van der Waals surface area contributed by atoms with Crippen molar-refractivity contribution in [2.75, 3.05) is 5.32 Å². The highest BCUT2D eigenvalue weighted by molar-refractivity contribution is 5.91. The lowest BCUT2D eigenvalue weighted by atomic mass is 10.2. The van der Waals surface area contributed by atoms with E-state index in [1.807, 2.05) is 6.07 Å². The summed E-state index contributed by atoms with van der Waals surface area (Å²) in [5, 5.41) is 3.07. The molecule has 0 atom stereocenters. The minimum Gasteiger partial charge on any atom is -0.457 e. The van der Waals surface area contributed by atoms with Crippen molar-refractivity contribution in [1.29, 1.82) is 0 Å². The number of aromatic nitrogens is 3. The van der Waals surface area contributed by atoms with Crippen molar-refractivity contribution in [3.05, 3.63) is 66.5 Å². The van der Waals surface area contributed by atoms with Crippen molar-refractivity contribution in [2.45, 2.75) is 32.7 Å². The molecule has 4 aromatic rings. The van der Waals surface area contributed by atoms with Gasteiger partial charge in [0.1, 0.15) is 22.9 Å². The molecule has 1 amide bonds. The van der Waals surface area contributed by atoms with Crippen molar-refractivity contribution < 1.29 is 32.3 Å². The molecule has 0 spiro atoms. The molecule has 0 aliphatic heterocycles. The molecule has 0 bridgehead atoms. The van der Waals surface area contributed by atoms with Crippen molar-refractivity contribution in [2.24, 2.45) is 7.05 Å². The Kier molecular flexibility index (Phi) is 6.94. The summed E-state index contributed by atoms with van der Waals surface area (Å²) in [6, 6.07) is 13.7. The molecule has 4 rings (SSSR count). The van der Waals surface area contributed by atoms with E-state index >= 15 is 0 Å². The van der Waals surface area contributed by atoms with Crippen LogP contribution in [0.2, 0.25) is 0 Å². The summed E-state index contributed by atoms with van der Waals surface area (Å²) in [5.41, 5.74) is 3.87. The van der Waals surface area contributed by atoms with E-state index in [9.17, 15) is 18.0 Å². The fourth-order valence-corrected chi connectivity index (χ4v) is 3.21. The first-order chi connectivity index (χ1) is 17.4. The molecule has 0 aliphatic rings. The van der Waals surface area contributed by atoms with E-state index < -0.39 is 17.9 Å². The van der Waals surface area contributed by atoms with Gasteiger partial charge in [0.05, 0.1) is 16.6 Å². The van der Waals surface area contributed by atoms with Gasteiger partial charge in [-0.3, -0.25) is 14.6 Å². The van der Waals surface area contributed by atoms with Crippen LogP contribution >= 0.6 is 0 Å². The fraction of sp³-hybridized carbons (Fsp3) is 0.240. The molecule has 2 N–H and O–H groups in total. The summed E-state index contributed by atoms with van der Waals surface area (Å²) < 4.78 is 48.7. The van der Waals surface area contributed by atoms with Crippen molar-refractivity contribution in [1.82, 2.24) is 20.0 Å². The van der Waals surface area contributed by atoms with E-state index in [0.717, 1.165) is 5.52 Å². The number of alkyl halides is 3. The predicted molar refractivity (Wildman–Crippen MR) is 130 cm³/mol. The summed E-state index contributed by atoms with van der Waals surface area (Å²) >= 11 is 0. The second kappa shape index (κ2) is 9.97. The number of amides is 1. The predicted octanol–water partition coefficient (Wildman–Crippen LogP) is 5.86. The number of fused-ring (bicyclic) bond motifs is 1. The van der Waals surface area contributed by atoms with Gasteiger partial charge >= 0.3 is 6.36 Å². The van der Waals surface area contributed by atoms with Crippen LogP contribution in [0.4, 0.5) is 24.8 Å². The number of hydrogen-bond acceptors (Lipinski definition) is 7. The zero-order chi connectivity index (χ0) is 26.8. The first-order valence-corrected chi connectivity index (χ1v) is 11.1. The molecule has 0 saturated heterocycles. The van der Waals surface area contributed by atoms with Crippen LogP contribution < -0.4 is 20.3 Å². The van der Waals surface area contributed by atoms with E-state index in [-0.39, 0.29) is 11.4 Å². The van der Waals surface area contributed by atoms with Gasteiger partial charge in [0, 0.05) is 31.1 Å². The van der Waals surface area contributed by atoms with Crippen molar-refractivity contribution in [3.8, 4) is 17.2 Å². The maximum absolute atomic E-state index is 12.4. The number of benzene rings is 2. The molecule has 2 aromatic carbocycles. The smallest absolute Gasteiger partial charge is 0.457 e. The van der Waals surface area contributed by atoms with Gasteiger partial charge in [-0.05, 0) is 63.2 Å². The summed E-state index contributed by atoms with van der Waals surface area (Å²) in [4.78, 5) is 26.2. The topological polar surface area (TPSA) is 99.5 Å². The third-order valence-corrected chi connectivity index (χ3v) is 4.85. The normalized spacial score (nSPS) is 11.9. The average molecular weight is 515 g/mol. The van der Waals surface area contributed by atoms with E-state index in [4.69, 9.17) is 9.57 Å². The molecule has 9 nitrogen and oxygen atoms in total. The highest BCUT2D eigenvalue weighted by Gasteiger charge is 2.31. The molecule has 2 aromatic heterocycles. The number of carbonyl (C=O) groups excluding carboxylic acids is 1. The zero-order valence-corrected chi connectivity index (χ0v) is 20.4. The van der Waals surface area contributed by atoms with E-state index in [2.05, 4.69) is 25.5 Å². The lowest BCUT2D eigenvalue weighted by molar-refractivity contribution is -0.274. The minimum absolute atomic E-state index is 0.124. The average Bonchev–Trinajstić information content (AvgIpc) is 3.12. The molecular formula is C25H24F3N5O4. The molecule has 0 radical (unpaired) electrons. The number of nitrogens with one attached hydrogen (secondary N) is 2. The molecule has 194 valence electrons. The first kappa shape index (κ1) is 25.8. The molecular weight excluding hydrogens is 491 g/mol. The highest BCUT2D eigenvalue weighted by atomic mass is 19.4. The number of aryl methyl sites for hydroxylation is 1. The summed E-state index contributed by atoms with van der Waals surface area (Å²) in [6.07, 6.45) is -3.30. The Hall–Kier alpha value is -4.32. The Bertz CT molecular complexity index is 1410. The van der Waals surface area contributed by atoms with Crippen LogP contribution in [0, 0.1) is 0 Å². The molecule has 2 heterocycles. The number of ether oxygens (including phenoxy) is 2. The highest BCUT2D eigenvalue weighted by Crippen LogP contribution is 2.29. The van der Waals surface area contributed by atoms with E-state index in [0.29, 0.717) is 28.7 Å². The summed E-state index contributed by atoms with van der Waals surface area (Å²) in [7, 11) is 1.80. The summed E-state index contributed by atoms with van der Waals surface area (Å²) in [5.74, 6) is 0.524. The number of hydroxylamine groups is 1. The van der Waals surface area contributed by atoms with E-state index in [1.165, 1.54) is 36.5 Å². The Morgan fingerprint density at radius 3 is 2.30 bits per heavy atom. The molecule has 12 heteroatoms. The molecule has 0 aliphatic carbocycles. The number of pyridine rings is 1. The van der Waals surface area contributed by atoms with Crippen molar-refractivity contribution in [3.63, 3.8) is 0 Å². The number of anilines is 2. The van der Waals surface area contributed by atoms with Gasteiger partial charge < -0.3 is 19.4 Å². The number of hydrogen-bond donors (Lipinski definition) is 2. The van der Waals surface area contributed by atoms with Crippen LogP contribution in [0.5, 0.6) is 17.2 Å². The zero-order valence-electron chi connectivity index (χ0n) is 20.4. The Labute approximate surface area is 210 Å². The maximum atomic E-state index is 12.4. The monoisotopic (exact) mass is 515 g/mol.